The number of aliphatic hydroxyl groups is 1. The highest BCUT2D eigenvalue weighted by molar-refractivity contribution is 5.97. The van der Waals surface area contributed by atoms with E-state index in [0.717, 1.165) is 52.6 Å². The molecule has 5 nitrogen and oxygen atoms in total. The Kier molecular flexibility index (Phi) is 4.36. The summed E-state index contributed by atoms with van der Waals surface area (Å²) in [4.78, 5) is 6.67. The fourth-order valence-corrected chi connectivity index (χ4v) is 4.04. The SMILES string of the molecule is N[C@@H]1CCN(Cc2ccc3cncc(-c4cc5ccccc5o4)c3c2)C[C@@H]1O. The third kappa shape index (κ3) is 3.18. The molecule has 4 aromatic rings. The Labute approximate surface area is 163 Å². The molecule has 0 aliphatic carbocycles. The van der Waals surface area contributed by atoms with Gasteiger partial charge in [0.25, 0.3) is 0 Å². The van der Waals surface area contributed by atoms with Crippen LogP contribution in [0.15, 0.2) is 65.3 Å². The first kappa shape index (κ1) is 17.4. The van der Waals surface area contributed by atoms with Gasteiger partial charge in [-0.15, -0.1) is 0 Å². The number of nitrogens with two attached hydrogens (primary N) is 1. The van der Waals surface area contributed by atoms with Crippen molar-refractivity contribution in [2.45, 2.75) is 25.1 Å². The van der Waals surface area contributed by atoms with Crippen LogP contribution in [0, 0.1) is 0 Å². The number of rotatable bonds is 3. The zero-order chi connectivity index (χ0) is 19.1. The van der Waals surface area contributed by atoms with Crippen LogP contribution in [0.3, 0.4) is 0 Å². The number of para-hydroxylation sites is 1. The van der Waals surface area contributed by atoms with Crippen LogP contribution in [0.25, 0.3) is 33.1 Å². The molecule has 2 aromatic carbocycles. The molecular formula is C23H23N3O2. The standard InChI is InChI=1S/C23H23N3O2/c24-20-7-8-26(14-21(20)27)13-15-5-6-17-11-25-12-19(18(17)9-15)23-10-16-3-1-2-4-22(16)28-23/h1-6,9-12,20-21,27H,7-8,13-14,24H2/t20-,21+/m1/s1. The van der Waals surface area contributed by atoms with Gasteiger partial charge < -0.3 is 15.3 Å². The number of fused-ring (bicyclic) bond motifs is 2. The van der Waals surface area contributed by atoms with Gasteiger partial charge in [0, 0.05) is 54.4 Å². The van der Waals surface area contributed by atoms with Gasteiger partial charge in [-0.25, -0.2) is 0 Å². The van der Waals surface area contributed by atoms with E-state index < -0.39 is 6.10 Å². The molecular weight excluding hydrogens is 350 g/mol. The molecule has 3 N–H and O–H groups in total. The summed E-state index contributed by atoms with van der Waals surface area (Å²) < 4.78 is 6.08. The summed E-state index contributed by atoms with van der Waals surface area (Å²) in [7, 11) is 0. The number of furan rings is 1. The molecule has 0 spiro atoms. The molecule has 0 amide bonds. The van der Waals surface area contributed by atoms with Gasteiger partial charge in [-0.05, 0) is 35.6 Å². The number of nitrogens with zero attached hydrogens (tertiary/aromatic N) is 2. The first-order valence-corrected chi connectivity index (χ1v) is 9.69. The smallest absolute Gasteiger partial charge is 0.137 e. The van der Waals surface area contributed by atoms with Crippen molar-refractivity contribution in [3.8, 4) is 11.3 Å². The molecule has 0 bridgehead atoms. The Balaban J connectivity index is 1.51. The molecule has 2 aromatic heterocycles. The molecule has 28 heavy (non-hydrogen) atoms. The fraction of sp³-hybridized carbons (Fsp3) is 0.261. The van der Waals surface area contributed by atoms with Crippen molar-refractivity contribution in [1.29, 1.82) is 0 Å². The number of hydrogen-bond acceptors (Lipinski definition) is 5. The second kappa shape index (κ2) is 7.02. The molecule has 0 saturated carbocycles. The van der Waals surface area contributed by atoms with Gasteiger partial charge in [-0.1, -0.05) is 30.3 Å². The van der Waals surface area contributed by atoms with Crippen LogP contribution in [-0.2, 0) is 6.54 Å². The summed E-state index contributed by atoms with van der Waals surface area (Å²) in [5.74, 6) is 0.829. The van der Waals surface area contributed by atoms with Crippen molar-refractivity contribution in [3.05, 3.63) is 66.5 Å². The van der Waals surface area contributed by atoms with Crippen molar-refractivity contribution in [1.82, 2.24) is 9.88 Å². The van der Waals surface area contributed by atoms with Gasteiger partial charge in [-0.2, -0.15) is 0 Å². The summed E-state index contributed by atoms with van der Waals surface area (Å²) in [6, 6.07) is 16.4. The molecule has 0 radical (unpaired) electrons. The zero-order valence-electron chi connectivity index (χ0n) is 15.6. The third-order valence-electron chi connectivity index (χ3n) is 5.64. The number of hydrogen-bond donors (Lipinski definition) is 2. The van der Waals surface area contributed by atoms with E-state index in [0.29, 0.717) is 6.54 Å². The van der Waals surface area contributed by atoms with Gasteiger partial charge in [-0.3, -0.25) is 9.88 Å². The Morgan fingerprint density at radius 3 is 2.86 bits per heavy atom. The lowest BCUT2D eigenvalue weighted by molar-refractivity contribution is 0.0499. The second-order valence-electron chi connectivity index (χ2n) is 7.65. The molecule has 1 fully saturated rings. The van der Waals surface area contributed by atoms with E-state index in [-0.39, 0.29) is 6.04 Å². The number of likely N-dealkylation sites (tertiary alicyclic amines) is 1. The second-order valence-corrected chi connectivity index (χ2v) is 7.65. The number of benzene rings is 2. The fourth-order valence-electron chi connectivity index (χ4n) is 4.04. The van der Waals surface area contributed by atoms with Crippen molar-refractivity contribution < 1.29 is 9.52 Å². The molecule has 142 valence electrons. The third-order valence-corrected chi connectivity index (χ3v) is 5.64. The molecule has 5 rings (SSSR count). The monoisotopic (exact) mass is 373 g/mol. The van der Waals surface area contributed by atoms with Crippen LogP contribution in [0.5, 0.6) is 0 Å². The Bertz CT molecular complexity index is 1100. The van der Waals surface area contributed by atoms with E-state index in [9.17, 15) is 5.11 Å². The molecule has 5 heteroatoms. The number of piperidine rings is 1. The minimum Gasteiger partial charge on any atom is -0.456 e. The van der Waals surface area contributed by atoms with E-state index in [4.69, 9.17) is 10.2 Å². The average molecular weight is 373 g/mol. The van der Waals surface area contributed by atoms with Crippen LogP contribution in [-0.4, -0.2) is 40.2 Å². The number of β-amino-alcohol motifs (C(OH)–C–C–N with tert-alkyl or cyclic N) is 1. The summed E-state index contributed by atoms with van der Waals surface area (Å²) >= 11 is 0. The van der Waals surface area contributed by atoms with Gasteiger partial charge >= 0.3 is 0 Å². The Morgan fingerprint density at radius 1 is 1.11 bits per heavy atom. The number of aliphatic hydroxyl groups excluding tert-OH is 1. The topological polar surface area (TPSA) is 75.5 Å². The van der Waals surface area contributed by atoms with Crippen LogP contribution >= 0.6 is 0 Å². The van der Waals surface area contributed by atoms with Crippen LogP contribution in [0.2, 0.25) is 0 Å². The normalized spacial score (nSPS) is 20.8. The molecule has 2 atom stereocenters. The highest BCUT2D eigenvalue weighted by Crippen LogP contribution is 2.33. The van der Waals surface area contributed by atoms with Gasteiger partial charge in [0.2, 0.25) is 0 Å². The van der Waals surface area contributed by atoms with E-state index in [1.165, 1.54) is 5.56 Å². The number of aromatic nitrogens is 1. The van der Waals surface area contributed by atoms with E-state index in [1.807, 2.05) is 30.6 Å². The van der Waals surface area contributed by atoms with Crippen molar-refractivity contribution in [2.24, 2.45) is 5.73 Å². The molecule has 3 heterocycles. The first-order valence-electron chi connectivity index (χ1n) is 9.69. The number of pyridine rings is 1. The summed E-state index contributed by atoms with van der Waals surface area (Å²) in [6.45, 7) is 2.32. The lowest BCUT2D eigenvalue weighted by Crippen LogP contribution is -2.50. The maximum Gasteiger partial charge on any atom is 0.137 e. The summed E-state index contributed by atoms with van der Waals surface area (Å²) in [6.07, 6.45) is 4.12. The van der Waals surface area contributed by atoms with E-state index in [2.05, 4.69) is 40.2 Å². The van der Waals surface area contributed by atoms with Crippen LogP contribution < -0.4 is 5.73 Å². The van der Waals surface area contributed by atoms with Crippen molar-refractivity contribution >= 4 is 21.7 Å². The summed E-state index contributed by atoms with van der Waals surface area (Å²) in [5, 5.41) is 13.4. The highest BCUT2D eigenvalue weighted by atomic mass is 16.3. The lowest BCUT2D eigenvalue weighted by Gasteiger charge is -2.34. The van der Waals surface area contributed by atoms with Crippen molar-refractivity contribution in [3.63, 3.8) is 0 Å². The molecule has 1 aliphatic rings. The lowest BCUT2D eigenvalue weighted by atomic mass is 10.0. The highest BCUT2D eigenvalue weighted by Gasteiger charge is 2.24. The zero-order valence-corrected chi connectivity index (χ0v) is 15.6. The van der Waals surface area contributed by atoms with Gasteiger partial charge in [0.05, 0.1) is 6.10 Å². The van der Waals surface area contributed by atoms with Gasteiger partial charge in [0.15, 0.2) is 0 Å². The Hall–Kier alpha value is -2.73. The maximum atomic E-state index is 10.1. The van der Waals surface area contributed by atoms with Crippen LogP contribution in [0.4, 0.5) is 0 Å². The average Bonchev–Trinajstić information content (AvgIpc) is 3.14. The minimum absolute atomic E-state index is 0.112. The van der Waals surface area contributed by atoms with E-state index in [1.54, 1.807) is 0 Å². The summed E-state index contributed by atoms with van der Waals surface area (Å²) in [5.41, 5.74) is 9.01. The quantitative estimate of drug-likeness (QED) is 0.574. The maximum absolute atomic E-state index is 10.1. The Morgan fingerprint density at radius 2 is 2.00 bits per heavy atom. The minimum atomic E-state index is -0.454. The molecule has 1 aliphatic heterocycles. The first-order chi connectivity index (χ1) is 13.7. The van der Waals surface area contributed by atoms with Crippen molar-refractivity contribution in [2.75, 3.05) is 13.1 Å². The van der Waals surface area contributed by atoms with Crippen LogP contribution in [0.1, 0.15) is 12.0 Å². The molecule has 1 saturated heterocycles. The largest absolute Gasteiger partial charge is 0.456 e. The predicted octanol–water partition coefficient (Wildman–Crippen LogP) is 3.54. The predicted molar refractivity (Wildman–Crippen MR) is 111 cm³/mol. The van der Waals surface area contributed by atoms with Gasteiger partial charge in [0.1, 0.15) is 11.3 Å². The van der Waals surface area contributed by atoms with E-state index >= 15 is 0 Å². The molecule has 0 unspecified atom stereocenters.